The maximum absolute atomic E-state index is 12.9. The maximum atomic E-state index is 12.9. The van der Waals surface area contributed by atoms with E-state index in [1.807, 2.05) is 30.3 Å². The monoisotopic (exact) mass is 451 g/mol. The fourth-order valence-electron chi connectivity index (χ4n) is 4.27. The summed E-state index contributed by atoms with van der Waals surface area (Å²) in [6.45, 7) is 4.72. The molecule has 7 heteroatoms. The van der Waals surface area contributed by atoms with E-state index in [-0.39, 0.29) is 17.7 Å². The molecule has 1 saturated heterocycles. The molecule has 2 aromatic carbocycles. The molecule has 4 rings (SSSR count). The smallest absolute Gasteiger partial charge is 0.263 e. The molecule has 3 aromatic rings. The summed E-state index contributed by atoms with van der Waals surface area (Å²) in [5, 5.41) is 1.35. The first-order valence-corrected chi connectivity index (χ1v) is 11.1. The van der Waals surface area contributed by atoms with Crippen LogP contribution in [-0.2, 0) is 9.59 Å². The zero-order valence-electron chi connectivity index (χ0n) is 18.2. The van der Waals surface area contributed by atoms with Gasteiger partial charge in [0.25, 0.3) is 5.91 Å². The number of carbonyl (C=O) groups excluding carboxylic acids is 2. The molecular formula is C25H26ClN3O3. The highest BCUT2D eigenvalue weighted by atomic mass is 35.5. The number of rotatable bonds is 5. The van der Waals surface area contributed by atoms with Gasteiger partial charge in [0.1, 0.15) is 10.9 Å². The summed E-state index contributed by atoms with van der Waals surface area (Å²) in [4.78, 5) is 30.5. The molecule has 2 atom stereocenters. The number of piperidine rings is 1. The van der Waals surface area contributed by atoms with Crippen molar-refractivity contribution in [1.29, 1.82) is 0 Å². The minimum absolute atomic E-state index is 0.157. The van der Waals surface area contributed by atoms with E-state index in [9.17, 15) is 9.59 Å². The van der Waals surface area contributed by atoms with Crippen molar-refractivity contribution in [3.05, 3.63) is 59.2 Å². The van der Waals surface area contributed by atoms with Crippen molar-refractivity contribution in [2.75, 3.05) is 13.1 Å². The highest BCUT2D eigenvalue weighted by Crippen LogP contribution is 2.34. The summed E-state index contributed by atoms with van der Waals surface area (Å²) in [6.07, 6.45) is 0.773. The number of amides is 2. The molecule has 1 aromatic heterocycles. The SMILES string of the molecule is Cc1ccccc1-c1cc(Cl)nc2cc(O[C@H](C)C(=O)N3CCC[C@H](C(N)=O)C3)ccc12. The van der Waals surface area contributed by atoms with E-state index >= 15 is 0 Å². The Kier molecular flexibility index (Phi) is 6.33. The molecule has 0 unspecified atom stereocenters. The van der Waals surface area contributed by atoms with Crippen molar-refractivity contribution in [2.45, 2.75) is 32.8 Å². The second-order valence-electron chi connectivity index (χ2n) is 8.27. The van der Waals surface area contributed by atoms with Gasteiger partial charge in [0.05, 0.1) is 11.4 Å². The van der Waals surface area contributed by atoms with Gasteiger partial charge in [-0.25, -0.2) is 4.98 Å². The number of halogens is 1. The van der Waals surface area contributed by atoms with E-state index in [2.05, 4.69) is 24.0 Å². The van der Waals surface area contributed by atoms with Crippen molar-refractivity contribution in [2.24, 2.45) is 11.7 Å². The van der Waals surface area contributed by atoms with E-state index in [1.54, 1.807) is 17.9 Å². The number of ether oxygens (including phenoxy) is 1. The molecule has 1 aliphatic rings. The number of hydrogen-bond donors (Lipinski definition) is 1. The summed E-state index contributed by atoms with van der Waals surface area (Å²) in [5.74, 6) is -0.284. The lowest BCUT2D eigenvalue weighted by Crippen LogP contribution is -2.48. The van der Waals surface area contributed by atoms with Gasteiger partial charge in [-0.1, -0.05) is 35.9 Å². The second kappa shape index (κ2) is 9.17. The number of nitrogens with two attached hydrogens (primary N) is 1. The minimum Gasteiger partial charge on any atom is -0.481 e. The number of aryl methyl sites for hydroxylation is 1. The van der Waals surface area contributed by atoms with Crippen LogP contribution in [0.4, 0.5) is 0 Å². The Hall–Kier alpha value is -3.12. The van der Waals surface area contributed by atoms with Crippen LogP contribution in [0, 0.1) is 12.8 Å². The molecule has 1 fully saturated rings. The van der Waals surface area contributed by atoms with Crippen LogP contribution in [0.1, 0.15) is 25.3 Å². The summed E-state index contributed by atoms with van der Waals surface area (Å²) in [5.41, 5.74) is 9.36. The number of primary amides is 1. The molecule has 0 spiro atoms. The van der Waals surface area contributed by atoms with Gasteiger partial charge in [-0.05, 0) is 61.6 Å². The van der Waals surface area contributed by atoms with E-state index in [1.165, 1.54) is 0 Å². The number of likely N-dealkylation sites (tertiary alicyclic amines) is 1. The number of pyridine rings is 1. The molecule has 0 aliphatic carbocycles. The molecule has 0 saturated carbocycles. The fraction of sp³-hybridized carbons (Fsp3) is 0.320. The number of hydrogen-bond acceptors (Lipinski definition) is 4. The quantitative estimate of drug-likeness (QED) is 0.584. The van der Waals surface area contributed by atoms with E-state index in [0.29, 0.717) is 35.9 Å². The third-order valence-corrected chi connectivity index (χ3v) is 6.17. The van der Waals surface area contributed by atoms with Crippen LogP contribution in [0.15, 0.2) is 48.5 Å². The molecule has 32 heavy (non-hydrogen) atoms. The van der Waals surface area contributed by atoms with Crippen molar-refractivity contribution < 1.29 is 14.3 Å². The zero-order chi connectivity index (χ0) is 22.8. The lowest BCUT2D eigenvalue weighted by Gasteiger charge is -2.33. The summed E-state index contributed by atoms with van der Waals surface area (Å²) in [6, 6.07) is 15.6. The van der Waals surface area contributed by atoms with Crippen LogP contribution < -0.4 is 10.5 Å². The number of carbonyl (C=O) groups is 2. The summed E-state index contributed by atoms with van der Waals surface area (Å²) in [7, 11) is 0. The predicted octanol–water partition coefficient (Wildman–Crippen LogP) is 4.35. The molecule has 2 N–H and O–H groups in total. The van der Waals surface area contributed by atoms with E-state index in [4.69, 9.17) is 22.1 Å². The fourth-order valence-corrected chi connectivity index (χ4v) is 4.47. The predicted molar refractivity (Wildman–Crippen MR) is 126 cm³/mol. The molecular weight excluding hydrogens is 426 g/mol. The Morgan fingerprint density at radius 3 is 2.72 bits per heavy atom. The van der Waals surface area contributed by atoms with Crippen molar-refractivity contribution in [3.8, 4) is 16.9 Å². The standard InChI is InChI=1S/C25H26ClN3O3/c1-15-6-3-4-8-19(15)21-13-23(26)28-22-12-18(9-10-20(21)22)32-16(2)25(31)29-11-5-7-17(14-29)24(27)30/h3-4,6,8-10,12-13,16-17H,5,7,11,14H2,1-2H3,(H2,27,30)/t16-,17+/m1/s1. The topological polar surface area (TPSA) is 85.5 Å². The molecule has 1 aliphatic heterocycles. The Morgan fingerprint density at radius 2 is 1.97 bits per heavy atom. The number of benzene rings is 2. The number of fused-ring (bicyclic) bond motifs is 1. The Morgan fingerprint density at radius 1 is 1.19 bits per heavy atom. The molecule has 0 radical (unpaired) electrons. The molecule has 2 heterocycles. The second-order valence-corrected chi connectivity index (χ2v) is 8.66. The minimum atomic E-state index is -0.700. The third-order valence-electron chi connectivity index (χ3n) is 5.98. The largest absolute Gasteiger partial charge is 0.481 e. The average molecular weight is 452 g/mol. The van der Waals surface area contributed by atoms with Crippen LogP contribution in [0.5, 0.6) is 5.75 Å². The van der Waals surface area contributed by atoms with Gasteiger partial charge in [0.15, 0.2) is 6.10 Å². The van der Waals surface area contributed by atoms with Crippen LogP contribution in [-0.4, -0.2) is 40.9 Å². The van der Waals surface area contributed by atoms with Crippen LogP contribution >= 0.6 is 11.6 Å². The van der Waals surface area contributed by atoms with Gasteiger partial charge < -0.3 is 15.4 Å². The van der Waals surface area contributed by atoms with Crippen molar-refractivity contribution in [3.63, 3.8) is 0 Å². The molecule has 2 amide bonds. The highest BCUT2D eigenvalue weighted by molar-refractivity contribution is 6.30. The zero-order valence-corrected chi connectivity index (χ0v) is 18.9. The lowest BCUT2D eigenvalue weighted by atomic mass is 9.97. The van der Waals surface area contributed by atoms with Gasteiger partial charge >= 0.3 is 0 Å². The Bertz CT molecular complexity index is 1180. The third kappa shape index (κ3) is 4.55. The van der Waals surface area contributed by atoms with Crippen LogP contribution in [0.2, 0.25) is 5.15 Å². The van der Waals surface area contributed by atoms with Gasteiger partial charge in [0, 0.05) is 24.5 Å². The van der Waals surface area contributed by atoms with Gasteiger partial charge in [-0.3, -0.25) is 9.59 Å². The van der Waals surface area contributed by atoms with Crippen molar-refractivity contribution in [1.82, 2.24) is 9.88 Å². The molecule has 0 bridgehead atoms. The van der Waals surface area contributed by atoms with Crippen LogP contribution in [0.25, 0.3) is 22.0 Å². The van der Waals surface area contributed by atoms with E-state index < -0.39 is 6.10 Å². The van der Waals surface area contributed by atoms with Gasteiger partial charge in [0.2, 0.25) is 5.91 Å². The summed E-state index contributed by atoms with van der Waals surface area (Å²) < 4.78 is 5.95. The number of nitrogens with zero attached hydrogens (tertiary/aromatic N) is 2. The molecule has 6 nitrogen and oxygen atoms in total. The maximum Gasteiger partial charge on any atom is 0.263 e. The lowest BCUT2D eigenvalue weighted by molar-refractivity contribution is -0.141. The van der Waals surface area contributed by atoms with Gasteiger partial charge in [-0.15, -0.1) is 0 Å². The first-order valence-electron chi connectivity index (χ1n) is 10.7. The first kappa shape index (κ1) is 22.1. The highest BCUT2D eigenvalue weighted by Gasteiger charge is 2.30. The molecule has 166 valence electrons. The average Bonchev–Trinajstić information content (AvgIpc) is 2.78. The normalized spacial score (nSPS) is 17.2. The van der Waals surface area contributed by atoms with Crippen molar-refractivity contribution >= 4 is 34.3 Å². The number of aromatic nitrogens is 1. The summed E-state index contributed by atoms with van der Waals surface area (Å²) >= 11 is 6.32. The van der Waals surface area contributed by atoms with Crippen LogP contribution in [0.3, 0.4) is 0 Å². The Labute approximate surface area is 192 Å². The van der Waals surface area contributed by atoms with Gasteiger partial charge in [-0.2, -0.15) is 0 Å². The Balaban J connectivity index is 1.57. The first-order chi connectivity index (χ1) is 15.3. The van der Waals surface area contributed by atoms with E-state index in [0.717, 1.165) is 28.5 Å².